The number of esters is 1. The summed E-state index contributed by atoms with van der Waals surface area (Å²) in [6.07, 6.45) is 0. The summed E-state index contributed by atoms with van der Waals surface area (Å²) in [7, 11) is 4.09. The molecule has 0 aromatic heterocycles. The molecule has 88 valence electrons. The maximum atomic E-state index is 11.5. The first-order chi connectivity index (χ1) is 7.56. The lowest BCUT2D eigenvalue weighted by atomic mass is 10.2. The molecular weight excluding hydrogens is 255 g/mol. The first-order valence-corrected chi connectivity index (χ1v) is 5.00. The van der Waals surface area contributed by atoms with E-state index in [2.05, 4.69) is 4.74 Å². The smallest absolute Gasteiger partial charge is 0.341 e. The molecule has 6 heteroatoms. The third-order valence-corrected chi connectivity index (χ3v) is 2.71. The molecule has 4 nitrogen and oxygen atoms in total. The van der Waals surface area contributed by atoms with Gasteiger partial charge in [-0.15, -0.1) is 0 Å². The van der Waals surface area contributed by atoms with Gasteiger partial charge < -0.3 is 14.2 Å². The quantitative estimate of drug-likeness (QED) is 0.788. The average molecular weight is 265 g/mol. The van der Waals surface area contributed by atoms with Gasteiger partial charge in [-0.3, -0.25) is 0 Å². The van der Waals surface area contributed by atoms with E-state index < -0.39 is 5.97 Å². The number of hydrogen-bond acceptors (Lipinski definition) is 4. The van der Waals surface area contributed by atoms with Crippen molar-refractivity contribution in [1.29, 1.82) is 0 Å². The third kappa shape index (κ3) is 2.18. The summed E-state index contributed by atoms with van der Waals surface area (Å²) < 4.78 is 14.6. The van der Waals surface area contributed by atoms with Crippen molar-refractivity contribution >= 4 is 29.2 Å². The predicted octanol–water partition coefficient (Wildman–Crippen LogP) is 2.80. The van der Waals surface area contributed by atoms with Crippen LogP contribution in [0.3, 0.4) is 0 Å². The van der Waals surface area contributed by atoms with Crippen LogP contribution in [0.5, 0.6) is 11.5 Å². The van der Waals surface area contributed by atoms with Crippen LogP contribution >= 0.6 is 23.2 Å². The van der Waals surface area contributed by atoms with Gasteiger partial charge in [-0.1, -0.05) is 23.2 Å². The van der Waals surface area contributed by atoms with E-state index in [1.165, 1.54) is 27.4 Å². The summed E-state index contributed by atoms with van der Waals surface area (Å²) in [5.74, 6) is -0.0566. The Morgan fingerprint density at radius 1 is 1.06 bits per heavy atom. The normalized spacial score (nSPS) is 9.81. The molecule has 0 bridgehead atoms. The van der Waals surface area contributed by atoms with Gasteiger partial charge in [-0.25, -0.2) is 4.79 Å². The Labute approximate surface area is 103 Å². The number of hydrogen-bond donors (Lipinski definition) is 0. The van der Waals surface area contributed by atoms with Gasteiger partial charge in [0.2, 0.25) is 0 Å². The van der Waals surface area contributed by atoms with Crippen molar-refractivity contribution in [3.8, 4) is 11.5 Å². The van der Waals surface area contributed by atoms with Crippen molar-refractivity contribution < 1.29 is 19.0 Å². The van der Waals surface area contributed by atoms with Crippen LogP contribution < -0.4 is 9.47 Å². The van der Waals surface area contributed by atoms with E-state index in [0.29, 0.717) is 11.5 Å². The molecule has 0 heterocycles. The van der Waals surface area contributed by atoms with Crippen molar-refractivity contribution in [3.63, 3.8) is 0 Å². The fraction of sp³-hybridized carbons (Fsp3) is 0.300. The van der Waals surface area contributed by atoms with E-state index in [9.17, 15) is 4.79 Å². The Hall–Kier alpha value is -1.13. The lowest BCUT2D eigenvalue weighted by molar-refractivity contribution is 0.0600. The van der Waals surface area contributed by atoms with Crippen molar-refractivity contribution in [2.24, 2.45) is 0 Å². The molecule has 0 N–H and O–H groups in total. The largest absolute Gasteiger partial charge is 0.495 e. The van der Waals surface area contributed by atoms with Crippen LogP contribution in [0.15, 0.2) is 6.07 Å². The van der Waals surface area contributed by atoms with Gasteiger partial charge in [0.05, 0.1) is 31.4 Å². The zero-order valence-electron chi connectivity index (χ0n) is 8.97. The minimum absolute atomic E-state index is 0.0297. The summed E-state index contributed by atoms with van der Waals surface area (Å²) in [6, 6.07) is 1.50. The van der Waals surface area contributed by atoms with Gasteiger partial charge in [0.15, 0.2) is 0 Å². The molecule has 0 amide bonds. The van der Waals surface area contributed by atoms with Crippen LogP contribution in [0.1, 0.15) is 10.4 Å². The van der Waals surface area contributed by atoms with E-state index in [0.717, 1.165) is 0 Å². The molecule has 1 aromatic rings. The SMILES string of the molecule is COC(=O)c1c(Cl)c(OC)cc(OC)c1Cl. The van der Waals surface area contributed by atoms with Gasteiger partial charge in [0, 0.05) is 6.07 Å². The Balaban J connectivity index is 3.49. The summed E-state index contributed by atoms with van der Waals surface area (Å²) in [5, 5.41) is 0.195. The highest BCUT2D eigenvalue weighted by molar-refractivity contribution is 6.41. The number of halogens is 2. The second-order valence-corrected chi connectivity index (χ2v) is 3.53. The fourth-order valence-electron chi connectivity index (χ4n) is 1.17. The molecule has 0 radical (unpaired) electrons. The van der Waals surface area contributed by atoms with Crippen molar-refractivity contribution in [3.05, 3.63) is 21.7 Å². The van der Waals surface area contributed by atoms with Crippen LogP contribution in [-0.4, -0.2) is 27.3 Å². The highest BCUT2D eigenvalue weighted by Gasteiger charge is 2.23. The van der Waals surface area contributed by atoms with Crippen LogP contribution in [0.25, 0.3) is 0 Å². The van der Waals surface area contributed by atoms with Crippen molar-refractivity contribution in [2.75, 3.05) is 21.3 Å². The van der Waals surface area contributed by atoms with Crippen LogP contribution in [-0.2, 0) is 4.74 Å². The number of benzene rings is 1. The van der Waals surface area contributed by atoms with Crippen molar-refractivity contribution in [1.82, 2.24) is 0 Å². The molecule has 1 rings (SSSR count). The molecule has 0 unspecified atom stereocenters. The summed E-state index contributed by atoms with van der Waals surface area (Å²) in [5.41, 5.74) is 0.0297. The van der Waals surface area contributed by atoms with E-state index in [1.807, 2.05) is 0 Å². The highest BCUT2D eigenvalue weighted by Crippen LogP contribution is 2.40. The summed E-state index contributed by atoms with van der Waals surface area (Å²) >= 11 is 11.9. The Morgan fingerprint density at radius 3 is 1.81 bits per heavy atom. The number of ether oxygens (including phenoxy) is 3. The molecule has 0 atom stereocenters. The van der Waals surface area contributed by atoms with Gasteiger partial charge in [-0.2, -0.15) is 0 Å². The first kappa shape index (κ1) is 12.9. The lowest BCUT2D eigenvalue weighted by Crippen LogP contribution is -2.05. The van der Waals surface area contributed by atoms with Gasteiger partial charge in [0.25, 0.3) is 0 Å². The molecular formula is C10H10Cl2O4. The minimum Gasteiger partial charge on any atom is -0.495 e. The van der Waals surface area contributed by atoms with E-state index in [-0.39, 0.29) is 15.6 Å². The molecule has 0 spiro atoms. The molecule has 16 heavy (non-hydrogen) atoms. The molecule has 1 aromatic carbocycles. The topological polar surface area (TPSA) is 44.8 Å². The molecule has 0 aliphatic rings. The van der Waals surface area contributed by atoms with Gasteiger partial charge in [-0.05, 0) is 0 Å². The highest BCUT2D eigenvalue weighted by atomic mass is 35.5. The van der Waals surface area contributed by atoms with Crippen molar-refractivity contribution in [2.45, 2.75) is 0 Å². The Bertz CT molecular complexity index is 390. The molecule has 0 fully saturated rings. The maximum absolute atomic E-state index is 11.5. The number of carbonyl (C=O) groups is 1. The van der Waals surface area contributed by atoms with E-state index >= 15 is 0 Å². The van der Waals surface area contributed by atoms with Gasteiger partial charge in [0.1, 0.15) is 17.1 Å². The second kappa shape index (κ2) is 5.27. The fourth-order valence-corrected chi connectivity index (χ4v) is 1.82. The Kier molecular flexibility index (Phi) is 4.26. The molecule has 0 saturated carbocycles. The molecule has 0 aliphatic heterocycles. The summed E-state index contributed by atoms with van der Waals surface area (Å²) in [4.78, 5) is 11.5. The predicted molar refractivity (Wildman–Crippen MR) is 60.9 cm³/mol. The molecule has 0 saturated heterocycles. The number of rotatable bonds is 3. The van der Waals surface area contributed by atoms with E-state index in [1.54, 1.807) is 0 Å². The zero-order valence-corrected chi connectivity index (χ0v) is 10.5. The third-order valence-electron chi connectivity index (χ3n) is 1.96. The second-order valence-electron chi connectivity index (χ2n) is 2.78. The minimum atomic E-state index is -0.646. The van der Waals surface area contributed by atoms with Crippen LogP contribution in [0.4, 0.5) is 0 Å². The zero-order chi connectivity index (χ0) is 12.3. The first-order valence-electron chi connectivity index (χ1n) is 4.25. The van der Waals surface area contributed by atoms with E-state index in [4.69, 9.17) is 32.7 Å². The Morgan fingerprint density at radius 2 is 1.50 bits per heavy atom. The maximum Gasteiger partial charge on any atom is 0.341 e. The molecule has 0 aliphatic carbocycles. The average Bonchev–Trinajstić information content (AvgIpc) is 2.29. The number of carbonyl (C=O) groups excluding carboxylic acids is 1. The standard InChI is InChI=1S/C10H10Cl2O4/c1-14-5-4-6(15-2)9(12)7(8(5)11)10(13)16-3/h4H,1-3H3. The monoisotopic (exact) mass is 264 g/mol. The van der Waals surface area contributed by atoms with Gasteiger partial charge >= 0.3 is 5.97 Å². The number of methoxy groups -OCH3 is 3. The van der Waals surface area contributed by atoms with Crippen LogP contribution in [0.2, 0.25) is 10.0 Å². The van der Waals surface area contributed by atoms with Crippen LogP contribution in [0, 0.1) is 0 Å². The lowest BCUT2D eigenvalue weighted by Gasteiger charge is -2.12. The summed E-state index contributed by atoms with van der Waals surface area (Å²) in [6.45, 7) is 0.